The minimum atomic E-state index is -3.22. The fraction of sp³-hybridized carbons (Fsp3) is 0.706. The Hall–Kier alpha value is -1.70. The van der Waals surface area contributed by atoms with Gasteiger partial charge in [-0.15, -0.1) is 0 Å². The van der Waals surface area contributed by atoms with E-state index in [1.165, 1.54) is 0 Å². The van der Waals surface area contributed by atoms with Gasteiger partial charge in [-0.05, 0) is 25.3 Å². The van der Waals surface area contributed by atoms with Crippen LogP contribution in [-0.4, -0.2) is 59.4 Å². The lowest BCUT2D eigenvalue weighted by Crippen LogP contribution is -2.69. The van der Waals surface area contributed by atoms with Gasteiger partial charge in [0, 0.05) is 37.3 Å². The number of sulfone groups is 1. The topological polar surface area (TPSA) is 89.5 Å². The van der Waals surface area contributed by atoms with Gasteiger partial charge >= 0.3 is 6.01 Å². The first kappa shape index (κ1) is 18.1. The molecular weight excluding hydrogens is 342 g/mol. The SMILES string of the molecule is Cc1ccnc(OC[C@@H]2CCS(=O)(=O)C23CN(C(=O)CC(C)C)C3)n1. The number of aromatic nitrogens is 2. The highest BCUT2D eigenvalue weighted by atomic mass is 32.2. The fourth-order valence-corrected chi connectivity index (χ4v) is 6.03. The minimum absolute atomic E-state index is 0.0319. The first-order valence-electron chi connectivity index (χ1n) is 8.66. The summed E-state index contributed by atoms with van der Waals surface area (Å²) in [6.45, 7) is 6.64. The largest absolute Gasteiger partial charge is 0.463 e. The summed E-state index contributed by atoms with van der Waals surface area (Å²) < 4.78 is 30.0. The molecule has 2 aliphatic heterocycles. The Bertz CT molecular complexity index is 757. The van der Waals surface area contributed by atoms with E-state index in [0.29, 0.717) is 12.8 Å². The van der Waals surface area contributed by atoms with Gasteiger partial charge in [0.25, 0.3) is 0 Å². The fourth-order valence-electron chi connectivity index (χ4n) is 3.63. The molecule has 2 fully saturated rings. The molecule has 1 aromatic heterocycles. The Balaban J connectivity index is 1.67. The van der Waals surface area contributed by atoms with Gasteiger partial charge in [-0.3, -0.25) is 4.79 Å². The maximum absolute atomic E-state index is 12.6. The summed E-state index contributed by atoms with van der Waals surface area (Å²) >= 11 is 0. The number of hydrogen-bond donors (Lipinski definition) is 0. The van der Waals surface area contributed by atoms with Crippen molar-refractivity contribution in [1.29, 1.82) is 0 Å². The van der Waals surface area contributed by atoms with Crippen LogP contribution >= 0.6 is 0 Å². The number of amides is 1. The Morgan fingerprint density at radius 1 is 1.44 bits per heavy atom. The van der Waals surface area contributed by atoms with Gasteiger partial charge in [-0.25, -0.2) is 18.4 Å². The van der Waals surface area contributed by atoms with Crippen LogP contribution in [-0.2, 0) is 14.6 Å². The average molecular weight is 367 g/mol. The Kier molecular flexibility index (Phi) is 4.74. The lowest BCUT2D eigenvalue weighted by atomic mass is 9.83. The standard InChI is InChI=1S/C17H25N3O4S/c1-12(2)8-15(21)20-10-17(11-20)14(5-7-25(17,22)23)9-24-16-18-6-4-13(3)19-16/h4,6,12,14H,5,7-11H2,1-3H3/t14-/m0/s1. The van der Waals surface area contributed by atoms with Crippen LogP contribution in [0.2, 0.25) is 0 Å². The van der Waals surface area contributed by atoms with Gasteiger partial charge in [0.15, 0.2) is 9.84 Å². The summed E-state index contributed by atoms with van der Waals surface area (Å²) in [6, 6.07) is 2.05. The lowest BCUT2D eigenvalue weighted by molar-refractivity contribution is -0.138. The number of hydrogen-bond acceptors (Lipinski definition) is 6. The molecule has 1 aromatic rings. The zero-order valence-electron chi connectivity index (χ0n) is 14.9. The average Bonchev–Trinajstić information content (AvgIpc) is 2.73. The van der Waals surface area contributed by atoms with Crippen molar-refractivity contribution in [3.63, 3.8) is 0 Å². The van der Waals surface area contributed by atoms with E-state index in [1.807, 2.05) is 20.8 Å². The van der Waals surface area contributed by atoms with E-state index in [4.69, 9.17) is 4.74 Å². The van der Waals surface area contributed by atoms with Crippen LogP contribution in [0.1, 0.15) is 32.4 Å². The summed E-state index contributed by atoms with van der Waals surface area (Å²) in [5.74, 6) is 0.318. The smallest absolute Gasteiger partial charge is 0.316 e. The molecule has 3 rings (SSSR count). The van der Waals surface area contributed by atoms with Gasteiger partial charge < -0.3 is 9.64 Å². The van der Waals surface area contributed by atoms with E-state index in [0.717, 1.165) is 5.69 Å². The molecule has 7 nitrogen and oxygen atoms in total. The summed E-state index contributed by atoms with van der Waals surface area (Å²) in [7, 11) is -3.22. The number of carbonyl (C=O) groups excluding carboxylic acids is 1. The third-order valence-electron chi connectivity index (χ3n) is 5.14. The van der Waals surface area contributed by atoms with Gasteiger partial charge in [-0.1, -0.05) is 13.8 Å². The second-order valence-corrected chi connectivity index (χ2v) is 9.96. The van der Waals surface area contributed by atoms with Crippen LogP contribution in [0.3, 0.4) is 0 Å². The van der Waals surface area contributed by atoms with Crippen LogP contribution in [0, 0.1) is 18.8 Å². The monoisotopic (exact) mass is 367 g/mol. The van der Waals surface area contributed by atoms with E-state index >= 15 is 0 Å². The molecule has 0 saturated carbocycles. The zero-order valence-corrected chi connectivity index (χ0v) is 15.8. The molecule has 3 heterocycles. The molecule has 0 bridgehead atoms. The third-order valence-corrected chi connectivity index (χ3v) is 7.74. The first-order valence-corrected chi connectivity index (χ1v) is 10.3. The van der Waals surface area contributed by atoms with E-state index < -0.39 is 14.6 Å². The van der Waals surface area contributed by atoms with Gasteiger partial charge in [0.05, 0.1) is 12.4 Å². The molecule has 8 heteroatoms. The number of ether oxygens (including phenoxy) is 1. The van der Waals surface area contributed by atoms with Crippen molar-refractivity contribution in [2.45, 2.75) is 38.4 Å². The Morgan fingerprint density at radius 3 is 2.80 bits per heavy atom. The molecule has 0 N–H and O–H groups in total. The molecule has 2 aliphatic rings. The molecule has 0 aromatic carbocycles. The molecule has 0 radical (unpaired) electrons. The second-order valence-electron chi connectivity index (χ2n) is 7.51. The van der Waals surface area contributed by atoms with Crippen molar-refractivity contribution < 1.29 is 17.9 Å². The van der Waals surface area contributed by atoms with Gasteiger partial charge in [-0.2, -0.15) is 0 Å². The van der Waals surface area contributed by atoms with Crippen LogP contribution < -0.4 is 4.74 Å². The zero-order chi connectivity index (χ0) is 18.2. The number of carbonyl (C=O) groups is 1. The van der Waals surface area contributed by atoms with Crippen molar-refractivity contribution in [2.24, 2.45) is 11.8 Å². The van der Waals surface area contributed by atoms with Crippen molar-refractivity contribution in [2.75, 3.05) is 25.4 Å². The normalized spacial score (nSPS) is 23.7. The highest BCUT2D eigenvalue weighted by Crippen LogP contribution is 2.45. The van der Waals surface area contributed by atoms with Crippen molar-refractivity contribution >= 4 is 15.7 Å². The summed E-state index contributed by atoms with van der Waals surface area (Å²) in [6.07, 6.45) is 2.63. The second kappa shape index (κ2) is 6.55. The quantitative estimate of drug-likeness (QED) is 0.777. The van der Waals surface area contributed by atoms with Crippen LogP contribution in [0.5, 0.6) is 6.01 Å². The predicted molar refractivity (Wildman–Crippen MR) is 92.9 cm³/mol. The molecule has 138 valence electrons. The Morgan fingerprint density at radius 2 is 2.16 bits per heavy atom. The third kappa shape index (κ3) is 3.36. The highest BCUT2D eigenvalue weighted by molar-refractivity contribution is 7.93. The van der Waals surface area contributed by atoms with Crippen molar-refractivity contribution in [1.82, 2.24) is 14.9 Å². The maximum atomic E-state index is 12.6. The lowest BCUT2D eigenvalue weighted by Gasteiger charge is -2.50. The van der Waals surface area contributed by atoms with Crippen LogP contribution in [0.25, 0.3) is 0 Å². The predicted octanol–water partition coefficient (Wildman–Crippen LogP) is 1.23. The Labute approximate surface area is 148 Å². The molecule has 0 aliphatic carbocycles. The van der Waals surface area contributed by atoms with E-state index in [1.54, 1.807) is 17.2 Å². The summed E-state index contributed by atoms with van der Waals surface area (Å²) in [5.41, 5.74) is 0.799. The molecule has 0 unspecified atom stereocenters. The summed E-state index contributed by atoms with van der Waals surface area (Å²) in [5, 5.41) is 0. The molecule has 1 atom stereocenters. The van der Waals surface area contributed by atoms with E-state index in [2.05, 4.69) is 9.97 Å². The number of likely N-dealkylation sites (tertiary alicyclic amines) is 1. The molecule has 1 spiro atoms. The van der Waals surface area contributed by atoms with Crippen molar-refractivity contribution in [3.8, 4) is 6.01 Å². The number of aryl methyl sites for hydroxylation is 1. The molecule has 2 saturated heterocycles. The number of rotatable bonds is 5. The summed E-state index contributed by atoms with van der Waals surface area (Å²) in [4.78, 5) is 22.1. The molecular formula is C17H25N3O4S. The van der Waals surface area contributed by atoms with Gasteiger partial charge in [0.1, 0.15) is 4.75 Å². The van der Waals surface area contributed by atoms with Crippen molar-refractivity contribution in [3.05, 3.63) is 18.0 Å². The molecule has 1 amide bonds. The van der Waals surface area contributed by atoms with E-state index in [9.17, 15) is 13.2 Å². The maximum Gasteiger partial charge on any atom is 0.316 e. The number of nitrogens with zero attached hydrogens (tertiary/aromatic N) is 3. The van der Waals surface area contributed by atoms with E-state index in [-0.39, 0.29) is 49.2 Å². The first-order chi connectivity index (χ1) is 11.7. The molecule has 25 heavy (non-hydrogen) atoms. The minimum Gasteiger partial charge on any atom is -0.463 e. The van der Waals surface area contributed by atoms with Crippen LogP contribution in [0.4, 0.5) is 0 Å². The van der Waals surface area contributed by atoms with Crippen LogP contribution in [0.15, 0.2) is 12.3 Å². The highest BCUT2D eigenvalue weighted by Gasteiger charge is 2.62. The van der Waals surface area contributed by atoms with Gasteiger partial charge in [0.2, 0.25) is 5.91 Å².